The van der Waals surface area contributed by atoms with Crippen LogP contribution in [0.2, 0.25) is 0 Å². The average Bonchev–Trinajstić information content (AvgIpc) is 1.96. The van der Waals surface area contributed by atoms with Gasteiger partial charge in [-0.25, -0.2) is 0 Å². The Labute approximate surface area is 80.8 Å². The molecule has 7 heteroatoms. The first kappa shape index (κ1) is 10.8. The van der Waals surface area contributed by atoms with Gasteiger partial charge in [0.25, 0.3) is 0 Å². The predicted molar refractivity (Wildman–Crippen MR) is 39.2 cm³/mol. The number of rotatable bonds is 1. The minimum atomic E-state index is -5.02. The molecule has 0 aliphatic heterocycles. The molecule has 0 atom stereocenters. The number of carbonyl (C=O) groups is 2. The second-order valence-electron chi connectivity index (χ2n) is 2.28. The third kappa shape index (κ3) is 2.59. The van der Waals surface area contributed by atoms with Gasteiger partial charge in [-0.15, -0.1) is 13.2 Å². The molecule has 3 nitrogen and oxygen atoms in total. The summed E-state index contributed by atoms with van der Waals surface area (Å²) in [5.74, 6) is -3.10. The fourth-order valence-corrected chi connectivity index (χ4v) is 0.946. The van der Waals surface area contributed by atoms with Gasteiger partial charge in [0.1, 0.15) is 0 Å². The Morgan fingerprint density at radius 3 is 2.29 bits per heavy atom. The van der Waals surface area contributed by atoms with Crippen LogP contribution in [0.15, 0.2) is 22.9 Å². The standard InChI is InChI=1S/C7H2ClF3O3/c8-4-1-3(12)2-5(6(4)13)14-7(9,10)11/h1-2H. The fourth-order valence-electron chi connectivity index (χ4n) is 0.745. The quantitative estimate of drug-likeness (QED) is 0.639. The lowest BCUT2D eigenvalue weighted by atomic mass is 10.1. The molecular weight excluding hydrogens is 225 g/mol. The van der Waals surface area contributed by atoms with Gasteiger partial charge >= 0.3 is 6.36 Å². The van der Waals surface area contributed by atoms with E-state index in [1.54, 1.807) is 0 Å². The summed E-state index contributed by atoms with van der Waals surface area (Å²) >= 11 is 5.19. The molecule has 14 heavy (non-hydrogen) atoms. The SMILES string of the molecule is O=C1C=C(Cl)C(=O)C(OC(F)(F)F)=C1. The molecule has 76 valence electrons. The van der Waals surface area contributed by atoms with E-state index in [1.807, 2.05) is 0 Å². The highest BCUT2D eigenvalue weighted by Crippen LogP contribution is 2.25. The molecule has 0 aromatic heterocycles. The van der Waals surface area contributed by atoms with Crippen LogP contribution in [0.3, 0.4) is 0 Å². The third-order valence-corrected chi connectivity index (χ3v) is 1.49. The molecule has 1 aliphatic rings. The normalized spacial score (nSPS) is 17.7. The van der Waals surface area contributed by atoms with Gasteiger partial charge in [-0.2, -0.15) is 0 Å². The summed E-state index contributed by atoms with van der Waals surface area (Å²) in [6.45, 7) is 0. The molecule has 1 aliphatic carbocycles. The number of ketones is 2. The predicted octanol–water partition coefficient (Wildman–Crippen LogP) is 1.68. The van der Waals surface area contributed by atoms with Crippen molar-refractivity contribution >= 4 is 23.2 Å². The number of alkyl halides is 3. The number of hydrogen-bond donors (Lipinski definition) is 0. The first-order valence-corrected chi connectivity index (χ1v) is 3.61. The van der Waals surface area contributed by atoms with E-state index in [9.17, 15) is 22.8 Å². The van der Waals surface area contributed by atoms with Crippen LogP contribution in [-0.2, 0) is 14.3 Å². The fraction of sp³-hybridized carbons (Fsp3) is 0.143. The Morgan fingerprint density at radius 2 is 1.79 bits per heavy atom. The van der Waals surface area contributed by atoms with Crippen molar-refractivity contribution in [3.8, 4) is 0 Å². The van der Waals surface area contributed by atoms with E-state index in [0.29, 0.717) is 12.2 Å². The zero-order valence-electron chi connectivity index (χ0n) is 6.39. The lowest BCUT2D eigenvalue weighted by Crippen LogP contribution is -2.21. The van der Waals surface area contributed by atoms with Crippen molar-refractivity contribution in [1.82, 2.24) is 0 Å². The van der Waals surface area contributed by atoms with Crippen LogP contribution in [0.5, 0.6) is 0 Å². The summed E-state index contributed by atoms with van der Waals surface area (Å²) in [4.78, 5) is 21.6. The highest BCUT2D eigenvalue weighted by Gasteiger charge is 2.36. The van der Waals surface area contributed by atoms with E-state index in [0.717, 1.165) is 0 Å². The average molecular weight is 227 g/mol. The Kier molecular flexibility index (Phi) is 2.66. The zero-order chi connectivity index (χ0) is 10.9. The summed E-state index contributed by atoms with van der Waals surface area (Å²) in [5.41, 5.74) is 0. The Hall–Kier alpha value is -1.30. The van der Waals surface area contributed by atoms with Crippen molar-refractivity contribution in [2.24, 2.45) is 0 Å². The number of halogens is 4. The number of ether oxygens (including phenoxy) is 1. The van der Waals surface area contributed by atoms with Gasteiger partial charge in [0.2, 0.25) is 5.78 Å². The molecule has 0 spiro atoms. The summed E-state index contributed by atoms with van der Waals surface area (Å²) in [7, 11) is 0. The number of Topliss-reactive ketones (excluding diaryl/α,β-unsaturated/α-hetero) is 1. The molecule has 0 saturated heterocycles. The van der Waals surface area contributed by atoms with E-state index in [4.69, 9.17) is 11.6 Å². The Balaban J connectivity index is 2.90. The van der Waals surface area contributed by atoms with E-state index < -0.39 is 28.7 Å². The van der Waals surface area contributed by atoms with Gasteiger partial charge in [-0.3, -0.25) is 9.59 Å². The molecule has 0 amide bonds. The van der Waals surface area contributed by atoms with E-state index >= 15 is 0 Å². The Bertz CT molecular complexity index is 354. The molecule has 0 N–H and O–H groups in total. The summed E-state index contributed by atoms with van der Waals surface area (Å²) in [6.07, 6.45) is -3.87. The molecule has 1 rings (SSSR count). The summed E-state index contributed by atoms with van der Waals surface area (Å²) in [5, 5.41) is -0.600. The van der Waals surface area contributed by atoms with Crippen LogP contribution in [0.4, 0.5) is 13.2 Å². The number of carbonyl (C=O) groups excluding carboxylic acids is 2. The first-order chi connectivity index (χ1) is 6.29. The van der Waals surface area contributed by atoms with Crippen LogP contribution in [0, 0.1) is 0 Å². The van der Waals surface area contributed by atoms with Crippen molar-refractivity contribution in [2.45, 2.75) is 6.36 Å². The minimum Gasteiger partial charge on any atom is -0.401 e. The van der Waals surface area contributed by atoms with Gasteiger partial charge in [-0.1, -0.05) is 11.6 Å². The van der Waals surface area contributed by atoms with Crippen LogP contribution in [-0.4, -0.2) is 17.9 Å². The van der Waals surface area contributed by atoms with E-state index in [-0.39, 0.29) is 0 Å². The molecule has 0 unspecified atom stereocenters. The first-order valence-electron chi connectivity index (χ1n) is 3.23. The van der Waals surface area contributed by atoms with Crippen molar-refractivity contribution in [3.63, 3.8) is 0 Å². The van der Waals surface area contributed by atoms with Crippen molar-refractivity contribution in [2.75, 3.05) is 0 Å². The molecule has 0 aromatic carbocycles. The van der Waals surface area contributed by atoms with Gasteiger partial charge in [-0.05, 0) is 0 Å². The van der Waals surface area contributed by atoms with Crippen LogP contribution < -0.4 is 0 Å². The van der Waals surface area contributed by atoms with Crippen LogP contribution >= 0.6 is 11.6 Å². The van der Waals surface area contributed by atoms with Gasteiger partial charge in [0, 0.05) is 12.2 Å². The van der Waals surface area contributed by atoms with Crippen molar-refractivity contribution < 1.29 is 27.5 Å². The second kappa shape index (κ2) is 3.45. The van der Waals surface area contributed by atoms with Crippen LogP contribution in [0.1, 0.15) is 0 Å². The lowest BCUT2D eigenvalue weighted by molar-refractivity contribution is -0.304. The van der Waals surface area contributed by atoms with Gasteiger partial charge < -0.3 is 4.74 Å². The topological polar surface area (TPSA) is 43.4 Å². The third-order valence-electron chi connectivity index (χ3n) is 1.21. The molecule has 0 saturated carbocycles. The zero-order valence-corrected chi connectivity index (χ0v) is 7.15. The molecule has 0 fully saturated rings. The lowest BCUT2D eigenvalue weighted by Gasteiger charge is -2.12. The number of allylic oxidation sites excluding steroid dienone is 3. The van der Waals surface area contributed by atoms with Gasteiger partial charge in [0.05, 0.1) is 5.03 Å². The monoisotopic (exact) mass is 226 g/mol. The van der Waals surface area contributed by atoms with Crippen molar-refractivity contribution in [3.05, 3.63) is 22.9 Å². The molecule has 0 radical (unpaired) electrons. The summed E-state index contributed by atoms with van der Waals surface area (Å²) in [6, 6.07) is 0. The largest absolute Gasteiger partial charge is 0.573 e. The maximum atomic E-state index is 11.7. The van der Waals surface area contributed by atoms with Gasteiger partial charge in [0.15, 0.2) is 11.5 Å². The number of hydrogen-bond acceptors (Lipinski definition) is 3. The highest BCUT2D eigenvalue weighted by molar-refractivity contribution is 6.47. The molecular formula is C7H2ClF3O3. The molecule has 0 aromatic rings. The highest BCUT2D eigenvalue weighted by atomic mass is 35.5. The van der Waals surface area contributed by atoms with E-state index in [2.05, 4.69) is 4.74 Å². The maximum absolute atomic E-state index is 11.7. The minimum absolute atomic E-state index is 0.432. The summed E-state index contributed by atoms with van der Waals surface area (Å²) < 4.78 is 38.3. The van der Waals surface area contributed by atoms with E-state index in [1.165, 1.54) is 0 Å². The Morgan fingerprint density at radius 1 is 1.21 bits per heavy atom. The molecule has 0 bridgehead atoms. The maximum Gasteiger partial charge on any atom is 0.573 e. The second-order valence-corrected chi connectivity index (χ2v) is 2.69. The van der Waals surface area contributed by atoms with Crippen LogP contribution in [0.25, 0.3) is 0 Å². The van der Waals surface area contributed by atoms with Crippen molar-refractivity contribution in [1.29, 1.82) is 0 Å². The smallest absolute Gasteiger partial charge is 0.401 e. The molecule has 0 heterocycles.